The number of benzene rings is 2. The zero-order valence-corrected chi connectivity index (χ0v) is 19.1. The summed E-state index contributed by atoms with van der Waals surface area (Å²) in [4.78, 5) is 8.72. The second kappa shape index (κ2) is 11.5. The minimum Gasteiger partial charge on any atom is -0.356 e. The molecule has 0 unspecified atom stereocenters. The molecular formula is C22H27FIN5. The second-order valence-electron chi connectivity index (χ2n) is 6.64. The molecule has 154 valence electrons. The van der Waals surface area contributed by atoms with Crippen molar-refractivity contribution in [2.75, 3.05) is 13.6 Å². The molecule has 0 aliphatic rings. The Kier molecular flexibility index (Phi) is 9.11. The number of hydrogen-bond acceptors (Lipinski definition) is 2. The molecule has 0 spiro atoms. The molecule has 0 saturated heterocycles. The summed E-state index contributed by atoms with van der Waals surface area (Å²) in [5, 5.41) is 6.56. The van der Waals surface area contributed by atoms with Crippen molar-refractivity contribution < 1.29 is 4.39 Å². The molecule has 0 saturated carbocycles. The van der Waals surface area contributed by atoms with E-state index in [-0.39, 0.29) is 29.8 Å². The van der Waals surface area contributed by atoms with Crippen LogP contribution in [0, 0.1) is 12.7 Å². The summed E-state index contributed by atoms with van der Waals surface area (Å²) in [6.45, 7) is 3.88. The van der Waals surface area contributed by atoms with Crippen molar-refractivity contribution in [1.29, 1.82) is 0 Å². The van der Waals surface area contributed by atoms with Gasteiger partial charge >= 0.3 is 0 Å². The van der Waals surface area contributed by atoms with Gasteiger partial charge in [0.05, 0.1) is 0 Å². The van der Waals surface area contributed by atoms with Crippen molar-refractivity contribution >= 4 is 29.9 Å². The maximum Gasteiger partial charge on any atom is 0.191 e. The van der Waals surface area contributed by atoms with Gasteiger partial charge in [0.25, 0.3) is 0 Å². The molecule has 3 aromatic rings. The maximum atomic E-state index is 13.4. The fourth-order valence-electron chi connectivity index (χ4n) is 3.01. The van der Waals surface area contributed by atoms with Crippen molar-refractivity contribution in [2.24, 2.45) is 4.99 Å². The van der Waals surface area contributed by atoms with E-state index in [0.717, 1.165) is 24.4 Å². The lowest BCUT2D eigenvalue weighted by molar-refractivity contribution is 0.617. The summed E-state index contributed by atoms with van der Waals surface area (Å²) in [5.74, 6) is 1.56. The van der Waals surface area contributed by atoms with Gasteiger partial charge in [-0.25, -0.2) is 9.37 Å². The number of nitrogens with one attached hydrogen (secondary N) is 2. The van der Waals surface area contributed by atoms with E-state index in [2.05, 4.69) is 37.3 Å². The third-order valence-electron chi connectivity index (χ3n) is 4.54. The predicted octanol–water partition coefficient (Wildman–Crippen LogP) is 3.90. The molecule has 1 heterocycles. The molecule has 0 aliphatic carbocycles. The van der Waals surface area contributed by atoms with E-state index in [1.807, 2.05) is 36.7 Å². The highest BCUT2D eigenvalue weighted by Gasteiger charge is 2.05. The van der Waals surface area contributed by atoms with E-state index in [9.17, 15) is 4.39 Å². The minimum absolute atomic E-state index is 0. The Balaban J connectivity index is 0.00000300. The number of aryl methyl sites for hydroxylation is 1. The molecule has 2 aromatic carbocycles. The Morgan fingerprint density at radius 3 is 2.62 bits per heavy atom. The zero-order valence-electron chi connectivity index (χ0n) is 16.7. The van der Waals surface area contributed by atoms with E-state index in [1.54, 1.807) is 20.0 Å². The van der Waals surface area contributed by atoms with Gasteiger partial charge in [-0.1, -0.05) is 42.5 Å². The zero-order chi connectivity index (χ0) is 19.8. The van der Waals surface area contributed by atoms with Gasteiger partial charge in [0.1, 0.15) is 11.6 Å². The van der Waals surface area contributed by atoms with Gasteiger partial charge < -0.3 is 15.2 Å². The predicted molar refractivity (Wildman–Crippen MR) is 126 cm³/mol. The smallest absolute Gasteiger partial charge is 0.191 e. The van der Waals surface area contributed by atoms with Crippen LogP contribution in [0.4, 0.5) is 4.39 Å². The van der Waals surface area contributed by atoms with Gasteiger partial charge in [0.2, 0.25) is 0 Å². The molecule has 1 aromatic heterocycles. The van der Waals surface area contributed by atoms with Gasteiger partial charge in [0.15, 0.2) is 5.96 Å². The molecule has 5 nitrogen and oxygen atoms in total. The Morgan fingerprint density at radius 1 is 1.10 bits per heavy atom. The van der Waals surface area contributed by atoms with Gasteiger partial charge in [-0.2, -0.15) is 0 Å². The molecular weight excluding hydrogens is 480 g/mol. The number of rotatable bonds is 7. The molecule has 29 heavy (non-hydrogen) atoms. The summed E-state index contributed by atoms with van der Waals surface area (Å²) in [7, 11) is 1.74. The first kappa shape index (κ1) is 22.9. The molecule has 0 radical (unpaired) electrons. The third kappa shape index (κ3) is 6.85. The Hall–Kier alpha value is -2.42. The van der Waals surface area contributed by atoms with Crippen LogP contribution < -0.4 is 10.6 Å². The van der Waals surface area contributed by atoms with Gasteiger partial charge in [-0.05, 0) is 29.7 Å². The van der Waals surface area contributed by atoms with Crippen molar-refractivity contribution in [1.82, 2.24) is 20.2 Å². The van der Waals surface area contributed by atoms with Crippen molar-refractivity contribution in [2.45, 2.75) is 26.4 Å². The van der Waals surface area contributed by atoms with E-state index >= 15 is 0 Å². The summed E-state index contributed by atoms with van der Waals surface area (Å²) in [6, 6.07) is 15.5. The SMILES string of the molecule is CN=C(NCCc1nccn1Cc1ccccc1)NCc1ccc(F)c(C)c1.I. The molecule has 7 heteroatoms. The van der Waals surface area contributed by atoms with Crippen LogP contribution in [0.3, 0.4) is 0 Å². The first-order valence-corrected chi connectivity index (χ1v) is 9.39. The standard InChI is InChI=1S/C22H26FN5.HI/c1-17-14-19(8-9-20(17)23)15-27-22(24-2)26-11-10-21-25-12-13-28(21)16-18-6-4-3-5-7-18;/h3-9,12-14H,10-11,15-16H2,1-2H3,(H2,24,26,27);1H. The first-order chi connectivity index (χ1) is 13.7. The van der Waals surface area contributed by atoms with E-state index in [4.69, 9.17) is 0 Å². The molecule has 3 rings (SSSR count). The van der Waals surface area contributed by atoms with Crippen molar-refractivity contribution in [3.63, 3.8) is 0 Å². The van der Waals surface area contributed by atoms with Crippen molar-refractivity contribution in [3.05, 3.63) is 89.3 Å². The van der Waals surface area contributed by atoms with Crippen LogP contribution in [0.25, 0.3) is 0 Å². The van der Waals surface area contributed by atoms with Crippen LogP contribution in [0.1, 0.15) is 22.5 Å². The number of guanidine groups is 1. The topological polar surface area (TPSA) is 54.2 Å². The third-order valence-corrected chi connectivity index (χ3v) is 4.54. The Bertz CT molecular complexity index is 924. The van der Waals surface area contributed by atoms with Crippen LogP contribution in [0.15, 0.2) is 65.9 Å². The van der Waals surface area contributed by atoms with E-state index in [1.165, 1.54) is 11.6 Å². The Morgan fingerprint density at radius 2 is 1.90 bits per heavy atom. The first-order valence-electron chi connectivity index (χ1n) is 9.39. The highest BCUT2D eigenvalue weighted by Crippen LogP contribution is 2.09. The van der Waals surface area contributed by atoms with Crippen molar-refractivity contribution in [3.8, 4) is 0 Å². The average Bonchev–Trinajstić information content (AvgIpc) is 3.14. The van der Waals surface area contributed by atoms with E-state index < -0.39 is 0 Å². The van der Waals surface area contributed by atoms with Crippen LogP contribution in [0.5, 0.6) is 0 Å². The normalized spacial score (nSPS) is 11.1. The highest BCUT2D eigenvalue weighted by molar-refractivity contribution is 14.0. The van der Waals surface area contributed by atoms with Crippen LogP contribution in [0.2, 0.25) is 0 Å². The lowest BCUT2D eigenvalue weighted by Gasteiger charge is -2.13. The van der Waals surface area contributed by atoms with Crippen LogP contribution in [-0.4, -0.2) is 29.1 Å². The number of nitrogens with zero attached hydrogens (tertiary/aromatic N) is 3. The van der Waals surface area contributed by atoms with Crippen LogP contribution >= 0.6 is 24.0 Å². The lowest BCUT2D eigenvalue weighted by atomic mass is 10.1. The molecule has 0 fully saturated rings. The average molecular weight is 507 g/mol. The number of imidazole rings is 1. The largest absolute Gasteiger partial charge is 0.356 e. The summed E-state index contributed by atoms with van der Waals surface area (Å²) in [5.41, 5.74) is 2.91. The number of aromatic nitrogens is 2. The second-order valence-corrected chi connectivity index (χ2v) is 6.64. The number of hydrogen-bond donors (Lipinski definition) is 2. The lowest BCUT2D eigenvalue weighted by Crippen LogP contribution is -2.38. The molecule has 0 aliphatic heterocycles. The van der Waals surface area contributed by atoms with Crippen LogP contribution in [-0.2, 0) is 19.5 Å². The van der Waals surface area contributed by atoms with Gasteiger partial charge in [-0.3, -0.25) is 4.99 Å². The Labute approximate surface area is 188 Å². The minimum atomic E-state index is -0.183. The highest BCUT2D eigenvalue weighted by atomic mass is 127. The van der Waals surface area contributed by atoms with E-state index in [0.29, 0.717) is 24.6 Å². The monoisotopic (exact) mass is 507 g/mol. The molecule has 0 amide bonds. The molecule has 0 atom stereocenters. The number of aliphatic imine (C=N–C) groups is 1. The fourth-order valence-corrected chi connectivity index (χ4v) is 3.01. The molecule has 2 N–H and O–H groups in total. The quantitative estimate of drug-likeness (QED) is 0.290. The summed E-state index contributed by atoms with van der Waals surface area (Å²) >= 11 is 0. The summed E-state index contributed by atoms with van der Waals surface area (Å²) in [6.07, 6.45) is 4.63. The summed E-state index contributed by atoms with van der Waals surface area (Å²) < 4.78 is 15.5. The van der Waals surface area contributed by atoms with Gasteiger partial charge in [-0.15, -0.1) is 24.0 Å². The maximum absolute atomic E-state index is 13.4. The number of halogens is 2. The van der Waals surface area contributed by atoms with Gasteiger partial charge in [0, 0.05) is 45.5 Å². The fraction of sp³-hybridized carbons (Fsp3) is 0.273. The molecule has 0 bridgehead atoms.